The number of hydrogen-bond donors (Lipinski definition) is 0. The normalized spacial score (nSPS) is 20.5. The molecule has 0 aromatic carbocycles. The van der Waals surface area contributed by atoms with Crippen molar-refractivity contribution in [3.05, 3.63) is 24.5 Å². The molecule has 1 fully saturated rings. The van der Waals surface area contributed by atoms with Gasteiger partial charge in [-0.15, -0.1) is 0 Å². The van der Waals surface area contributed by atoms with E-state index in [-0.39, 0.29) is 6.42 Å². The van der Waals surface area contributed by atoms with Gasteiger partial charge in [-0.2, -0.15) is 0 Å². The zero-order valence-electron chi connectivity index (χ0n) is 10.2. The SMILES string of the molecule is C=C/C=C(/CC1C(=O)OC(C)(C)OC1=O)OC. The molecule has 0 aromatic rings. The Kier molecular flexibility index (Phi) is 3.93. The highest BCUT2D eigenvalue weighted by atomic mass is 16.7. The molecule has 94 valence electrons. The number of allylic oxidation sites excluding steroid dienone is 3. The van der Waals surface area contributed by atoms with Crippen LogP contribution in [0.4, 0.5) is 0 Å². The Morgan fingerprint density at radius 2 is 1.94 bits per heavy atom. The van der Waals surface area contributed by atoms with Crippen LogP contribution < -0.4 is 0 Å². The Bertz CT molecular complexity index is 347. The van der Waals surface area contributed by atoms with Crippen molar-refractivity contribution >= 4 is 11.9 Å². The number of carbonyl (C=O) groups excluding carboxylic acids is 2. The summed E-state index contributed by atoms with van der Waals surface area (Å²) < 4.78 is 15.0. The van der Waals surface area contributed by atoms with Gasteiger partial charge in [0.05, 0.1) is 12.9 Å². The van der Waals surface area contributed by atoms with Crippen LogP contribution in [0.2, 0.25) is 0 Å². The van der Waals surface area contributed by atoms with Gasteiger partial charge >= 0.3 is 11.9 Å². The van der Waals surface area contributed by atoms with E-state index >= 15 is 0 Å². The van der Waals surface area contributed by atoms with Crippen LogP contribution in [0.15, 0.2) is 24.5 Å². The van der Waals surface area contributed by atoms with Crippen LogP contribution in [0.1, 0.15) is 20.3 Å². The second-order valence-corrected chi connectivity index (χ2v) is 4.07. The van der Waals surface area contributed by atoms with Gasteiger partial charge in [0.2, 0.25) is 0 Å². The molecule has 0 bridgehead atoms. The van der Waals surface area contributed by atoms with Crippen molar-refractivity contribution < 1.29 is 23.8 Å². The number of carbonyl (C=O) groups is 2. The van der Waals surface area contributed by atoms with Gasteiger partial charge in [-0.05, 0) is 6.08 Å². The number of ether oxygens (including phenoxy) is 3. The number of methoxy groups -OCH3 is 1. The fourth-order valence-electron chi connectivity index (χ4n) is 1.46. The maximum absolute atomic E-state index is 11.6. The van der Waals surface area contributed by atoms with Crippen LogP contribution in [0, 0.1) is 5.92 Å². The van der Waals surface area contributed by atoms with E-state index in [4.69, 9.17) is 14.2 Å². The van der Waals surface area contributed by atoms with Crippen LogP contribution in [0.3, 0.4) is 0 Å². The molecule has 5 nitrogen and oxygen atoms in total. The quantitative estimate of drug-likeness (QED) is 0.323. The van der Waals surface area contributed by atoms with Gasteiger partial charge in [0.25, 0.3) is 5.79 Å². The van der Waals surface area contributed by atoms with Crippen LogP contribution in [0.25, 0.3) is 0 Å². The van der Waals surface area contributed by atoms with E-state index in [1.807, 2.05) is 0 Å². The number of cyclic esters (lactones) is 2. The van der Waals surface area contributed by atoms with Crippen LogP contribution in [-0.2, 0) is 23.8 Å². The maximum Gasteiger partial charge on any atom is 0.324 e. The third kappa shape index (κ3) is 3.34. The van der Waals surface area contributed by atoms with Crippen LogP contribution >= 0.6 is 0 Å². The van der Waals surface area contributed by atoms with E-state index < -0.39 is 23.6 Å². The first-order valence-electron chi connectivity index (χ1n) is 5.21. The van der Waals surface area contributed by atoms with Crippen molar-refractivity contribution in [1.82, 2.24) is 0 Å². The lowest BCUT2D eigenvalue weighted by molar-refractivity contribution is -0.240. The molecule has 1 aliphatic rings. The predicted molar refractivity (Wildman–Crippen MR) is 59.7 cm³/mol. The standard InChI is InChI=1S/C12H16O5/c1-5-6-8(15-4)7-9-10(13)16-12(2,3)17-11(9)14/h5-6,9H,1,7H2,2-4H3/b8-6-. The molecule has 17 heavy (non-hydrogen) atoms. The van der Waals surface area contributed by atoms with Gasteiger partial charge in [0.1, 0.15) is 0 Å². The number of esters is 2. The zero-order chi connectivity index (χ0) is 13.1. The average molecular weight is 240 g/mol. The molecular weight excluding hydrogens is 224 g/mol. The monoisotopic (exact) mass is 240 g/mol. The molecule has 0 aliphatic carbocycles. The van der Waals surface area contributed by atoms with Crippen molar-refractivity contribution in [2.45, 2.75) is 26.1 Å². The fourth-order valence-corrected chi connectivity index (χ4v) is 1.46. The zero-order valence-corrected chi connectivity index (χ0v) is 10.2. The minimum Gasteiger partial charge on any atom is -0.501 e. The maximum atomic E-state index is 11.6. The summed E-state index contributed by atoms with van der Waals surface area (Å²) in [5.41, 5.74) is 0. The Hall–Kier alpha value is -1.78. The lowest BCUT2D eigenvalue weighted by Gasteiger charge is -2.32. The van der Waals surface area contributed by atoms with Gasteiger partial charge < -0.3 is 14.2 Å². The first kappa shape index (κ1) is 13.3. The van der Waals surface area contributed by atoms with Crippen molar-refractivity contribution in [1.29, 1.82) is 0 Å². The minimum atomic E-state index is -1.19. The third-order valence-corrected chi connectivity index (χ3v) is 2.23. The lowest BCUT2D eigenvalue weighted by Crippen LogP contribution is -2.46. The highest BCUT2D eigenvalue weighted by Crippen LogP contribution is 2.27. The summed E-state index contributed by atoms with van der Waals surface area (Å²) in [6.07, 6.45) is 3.21. The average Bonchev–Trinajstić information content (AvgIpc) is 2.20. The molecule has 0 N–H and O–H groups in total. The topological polar surface area (TPSA) is 61.8 Å². The summed E-state index contributed by atoms with van der Waals surface area (Å²) in [6.45, 7) is 6.53. The predicted octanol–water partition coefficient (Wildman–Crippen LogP) is 1.55. The van der Waals surface area contributed by atoms with Crippen molar-refractivity contribution in [3.8, 4) is 0 Å². The molecule has 0 atom stereocenters. The van der Waals surface area contributed by atoms with Gasteiger partial charge in [0, 0.05) is 20.3 Å². The first-order valence-corrected chi connectivity index (χ1v) is 5.21. The summed E-state index contributed by atoms with van der Waals surface area (Å²) in [7, 11) is 1.46. The van der Waals surface area contributed by atoms with Gasteiger partial charge in [0.15, 0.2) is 5.92 Å². The first-order chi connectivity index (χ1) is 7.89. The molecule has 1 rings (SSSR count). The van der Waals surface area contributed by atoms with E-state index in [2.05, 4.69) is 6.58 Å². The van der Waals surface area contributed by atoms with E-state index in [9.17, 15) is 9.59 Å². The Morgan fingerprint density at radius 1 is 1.41 bits per heavy atom. The van der Waals surface area contributed by atoms with E-state index in [0.29, 0.717) is 5.76 Å². The summed E-state index contributed by atoms with van der Waals surface area (Å²) >= 11 is 0. The third-order valence-electron chi connectivity index (χ3n) is 2.23. The van der Waals surface area contributed by atoms with Crippen LogP contribution in [0.5, 0.6) is 0 Å². The van der Waals surface area contributed by atoms with Crippen molar-refractivity contribution in [2.75, 3.05) is 7.11 Å². The molecule has 0 unspecified atom stereocenters. The second-order valence-electron chi connectivity index (χ2n) is 4.07. The van der Waals surface area contributed by atoms with E-state index in [1.165, 1.54) is 27.0 Å². The Morgan fingerprint density at radius 3 is 2.35 bits per heavy atom. The Labute approximate surface area is 100 Å². The Balaban J connectivity index is 2.78. The number of rotatable bonds is 4. The summed E-state index contributed by atoms with van der Waals surface area (Å²) in [4.78, 5) is 23.3. The summed E-state index contributed by atoms with van der Waals surface area (Å²) in [6, 6.07) is 0. The molecule has 0 spiro atoms. The van der Waals surface area contributed by atoms with Gasteiger partial charge in [-0.3, -0.25) is 9.59 Å². The molecule has 0 aromatic heterocycles. The van der Waals surface area contributed by atoms with Crippen LogP contribution in [-0.4, -0.2) is 24.8 Å². The van der Waals surface area contributed by atoms with Crippen molar-refractivity contribution in [3.63, 3.8) is 0 Å². The molecule has 0 amide bonds. The summed E-state index contributed by atoms with van der Waals surface area (Å²) in [5, 5.41) is 0. The highest BCUT2D eigenvalue weighted by Gasteiger charge is 2.43. The van der Waals surface area contributed by atoms with Gasteiger partial charge in [-0.1, -0.05) is 12.7 Å². The smallest absolute Gasteiger partial charge is 0.324 e. The lowest BCUT2D eigenvalue weighted by atomic mass is 10.0. The fraction of sp³-hybridized carbons (Fsp3) is 0.500. The minimum absolute atomic E-state index is 0.107. The second kappa shape index (κ2) is 5.03. The molecule has 0 radical (unpaired) electrons. The van der Waals surface area contributed by atoms with Crippen molar-refractivity contribution in [2.24, 2.45) is 5.92 Å². The molecule has 5 heteroatoms. The number of hydrogen-bond acceptors (Lipinski definition) is 5. The molecule has 1 aliphatic heterocycles. The largest absolute Gasteiger partial charge is 0.501 e. The van der Waals surface area contributed by atoms with E-state index in [0.717, 1.165) is 0 Å². The van der Waals surface area contributed by atoms with Gasteiger partial charge in [-0.25, -0.2) is 0 Å². The van der Waals surface area contributed by atoms with E-state index in [1.54, 1.807) is 6.08 Å². The molecule has 1 saturated heterocycles. The highest BCUT2D eigenvalue weighted by molar-refractivity contribution is 5.96. The summed E-state index contributed by atoms with van der Waals surface area (Å²) in [5.74, 6) is -2.90. The molecular formula is C12H16O5. The molecule has 1 heterocycles. The molecule has 0 saturated carbocycles.